The fraction of sp³-hybridized carbons (Fsp3) is 0.208. The zero-order chi connectivity index (χ0) is 20.8. The van der Waals surface area contributed by atoms with Crippen molar-refractivity contribution < 1.29 is 4.79 Å². The first kappa shape index (κ1) is 20.5. The average Bonchev–Trinajstić information content (AvgIpc) is 3.14. The maximum atomic E-state index is 12.5. The fourth-order valence-corrected chi connectivity index (χ4v) is 3.65. The van der Waals surface area contributed by atoms with Gasteiger partial charge in [0.1, 0.15) is 11.6 Å². The normalized spacial score (nSPS) is 11.3. The molecule has 0 aliphatic heterocycles. The lowest BCUT2D eigenvalue weighted by Crippen LogP contribution is -2.13. The number of nitrogens with zero attached hydrogens (tertiary/aromatic N) is 2. The van der Waals surface area contributed by atoms with Crippen LogP contribution in [0.25, 0.3) is 6.08 Å². The van der Waals surface area contributed by atoms with Crippen LogP contribution in [0.5, 0.6) is 0 Å². The fourth-order valence-electron chi connectivity index (χ4n) is 2.81. The minimum atomic E-state index is -0.448. The van der Waals surface area contributed by atoms with Gasteiger partial charge in [0.15, 0.2) is 5.13 Å². The molecule has 5 heteroatoms. The molecule has 0 saturated heterocycles. The van der Waals surface area contributed by atoms with Crippen molar-refractivity contribution in [1.82, 2.24) is 4.98 Å². The summed E-state index contributed by atoms with van der Waals surface area (Å²) in [6.07, 6.45) is 4.12. The molecule has 0 aliphatic carbocycles. The molecule has 3 aromatic rings. The Balaban J connectivity index is 1.67. The topological polar surface area (TPSA) is 65.8 Å². The van der Waals surface area contributed by atoms with E-state index in [-0.39, 0.29) is 5.57 Å². The number of nitrogens with one attached hydrogen (secondary N) is 1. The molecule has 1 aromatic heterocycles. The van der Waals surface area contributed by atoms with Gasteiger partial charge in [0.25, 0.3) is 5.91 Å². The van der Waals surface area contributed by atoms with Crippen LogP contribution in [-0.2, 0) is 11.2 Å². The Kier molecular flexibility index (Phi) is 6.58. The van der Waals surface area contributed by atoms with Gasteiger partial charge in [0, 0.05) is 17.5 Å². The Bertz CT molecular complexity index is 1050. The highest BCUT2D eigenvalue weighted by molar-refractivity contribution is 7.15. The molecule has 0 fully saturated rings. The average molecular weight is 402 g/mol. The third-order valence-electron chi connectivity index (χ3n) is 4.55. The van der Waals surface area contributed by atoms with Gasteiger partial charge in [0.05, 0.1) is 0 Å². The second-order valence-electron chi connectivity index (χ2n) is 7.24. The molecule has 29 heavy (non-hydrogen) atoms. The molecule has 3 rings (SSSR count). The highest BCUT2D eigenvalue weighted by Gasteiger charge is 2.12. The summed E-state index contributed by atoms with van der Waals surface area (Å²) in [7, 11) is 0. The SMILES string of the molecule is Cc1ccc(Cc2cnc(NC(=O)/C(C#N)=C/c3ccc(C(C)C)cc3)s2)cc1. The molecule has 4 nitrogen and oxygen atoms in total. The number of hydrogen-bond donors (Lipinski definition) is 1. The lowest BCUT2D eigenvalue weighted by Gasteiger charge is -2.05. The summed E-state index contributed by atoms with van der Waals surface area (Å²) in [4.78, 5) is 17.8. The number of aryl methyl sites for hydroxylation is 1. The van der Waals surface area contributed by atoms with Gasteiger partial charge in [-0.15, -0.1) is 11.3 Å². The molecule has 0 aliphatic rings. The lowest BCUT2D eigenvalue weighted by atomic mass is 10.0. The molecule has 0 spiro atoms. The summed E-state index contributed by atoms with van der Waals surface area (Å²) >= 11 is 1.42. The molecule has 0 bridgehead atoms. The number of carbonyl (C=O) groups excluding carboxylic acids is 1. The number of anilines is 1. The first-order valence-corrected chi connectivity index (χ1v) is 10.3. The molecule has 2 aromatic carbocycles. The van der Waals surface area contributed by atoms with Gasteiger partial charge in [-0.25, -0.2) is 4.98 Å². The quantitative estimate of drug-likeness (QED) is 0.425. The van der Waals surface area contributed by atoms with Crippen LogP contribution in [0.2, 0.25) is 0 Å². The monoisotopic (exact) mass is 401 g/mol. The van der Waals surface area contributed by atoms with Crippen molar-refractivity contribution in [1.29, 1.82) is 5.26 Å². The Morgan fingerprint density at radius 1 is 1.17 bits per heavy atom. The maximum absolute atomic E-state index is 12.5. The summed E-state index contributed by atoms with van der Waals surface area (Å²) in [6.45, 7) is 6.31. The van der Waals surface area contributed by atoms with Gasteiger partial charge in [-0.3, -0.25) is 10.1 Å². The van der Waals surface area contributed by atoms with E-state index in [0.29, 0.717) is 11.0 Å². The summed E-state index contributed by atoms with van der Waals surface area (Å²) in [5, 5.41) is 12.6. The number of rotatable bonds is 6. The third-order valence-corrected chi connectivity index (χ3v) is 5.46. The van der Waals surface area contributed by atoms with Crippen LogP contribution in [0.4, 0.5) is 5.13 Å². The molecule has 0 saturated carbocycles. The van der Waals surface area contributed by atoms with Crippen molar-refractivity contribution in [2.75, 3.05) is 5.32 Å². The van der Waals surface area contributed by atoms with Crippen LogP contribution in [0.15, 0.2) is 60.3 Å². The first-order chi connectivity index (χ1) is 13.9. The second-order valence-corrected chi connectivity index (χ2v) is 8.35. The predicted octanol–water partition coefficient (Wildman–Crippen LogP) is 5.71. The number of aromatic nitrogens is 1. The predicted molar refractivity (Wildman–Crippen MR) is 119 cm³/mol. The van der Waals surface area contributed by atoms with Gasteiger partial charge in [0.2, 0.25) is 0 Å². The number of benzene rings is 2. The van der Waals surface area contributed by atoms with Crippen LogP contribution >= 0.6 is 11.3 Å². The van der Waals surface area contributed by atoms with Crippen molar-refractivity contribution >= 4 is 28.5 Å². The van der Waals surface area contributed by atoms with E-state index < -0.39 is 5.91 Å². The highest BCUT2D eigenvalue weighted by Crippen LogP contribution is 2.22. The molecule has 1 N–H and O–H groups in total. The van der Waals surface area contributed by atoms with E-state index in [2.05, 4.69) is 55.3 Å². The number of thiazole rings is 1. The van der Waals surface area contributed by atoms with Crippen molar-refractivity contribution in [2.24, 2.45) is 0 Å². The van der Waals surface area contributed by atoms with E-state index in [4.69, 9.17) is 0 Å². The first-order valence-electron chi connectivity index (χ1n) is 9.48. The summed E-state index contributed by atoms with van der Waals surface area (Å²) in [5.74, 6) is -0.0116. The van der Waals surface area contributed by atoms with Gasteiger partial charge < -0.3 is 0 Å². The van der Waals surface area contributed by atoms with E-state index in [1.165, 1.54) is 28.0 Å². The van der Waals surface area contributed by atoms with Crippen LogP contribution in [0, 0.1) is 18.3 Å². The number of nitriles is 1. The minimum Gasteiger partial charge on any atom is -0.297 e. The lowest BCUT2D eigenvalue weighted by molar-refractivity contribution is -0.112. The van der Waals surface area contributed by atoms with E-state index in [9.17, 15) is 10.1 Å². The zero-order valence-corrected chi connectivity index (χ0v) is 17.6. The maximum Gasteiger partial charge on any atom is 0.268 e. The van der Waals surface area contributed by atoms with E-state index in [1.54, 1.807) is 12.3 Å². The van der Waals surface area contributed by atoms with Gasteiger partial charge in [-0.2, -0.15) is 5.26 Å². The Morgan fingerprint density at radius 3 is 2.48 bits per heavy atom. The second kappa shape index (κ2) is 9.31. The van der Waals surface area contributed by atoms with Crippen LogP contribution < -0.4 is 5.32 Å². The molecule has 1 heterocycles. The number of carbonyl (C=O) groups is 1. The molecule has 1 amide bonds. The van der Waals surface area contributed by atoms with Crippen LogP contribution in [0.3, 0.4) is 0 Å². The Hall–Kier alpha value is -3.23. The van der Waals surface area contributed by atoms with Crippen LogP contribution in [-0.4, -0.2) is 10.9 Å². The number of hydrogen-bond acceptors (Lipinski definition) is 4. The molecular formula is C24H23N3OS. The zero-order valence-electron chi connectivity index (χ0n) is 16.8. The molecular weight excluding hydrogens is 378 g/mol. The Labute approximate surface area is 175 Å². The smallest absolute Gasteiger partial charge is 0.268 e. The Morgan fingerprint density at radius 2 is 1.86 bits per heavy atom. The largest absolute Gasteiger partial charge is 0.297 e. The molecule has 0 atom stereocenters. The molecule has 0 radical (unpaired) electrons. The minimum absolute atomic E-state index is 0.0533. The number of amides is 1. The molecule has 146 valence electrons. The van der Waals surface area contributed by atoms with E-state index in [0.717, 1.165) is 16.9 Å². The standard InChI is InChI=1S/C24H23N3OS/c1-16(2)20-10-8-18(9-11-20)12-21(14-25)23(28)27-24-26-15-22(29-24)13-19-6-4-17(3)5-7-19/h4-12,15-16H,13H2,1-3H3,(H,26,27,28)/b21-12+. The van der Waals surface area contributed by atoms with Crippen molar-refractivity contribution in [3.8, 4) is 6.07 Å². The summed E-state index contributed by atoms with van der Waals surface area (Å²) in [6, 6.07) is 18.2. The van der Waals surface area contributed by atoms with Crippen molar-refractivity contribution in [3.05, 3.63) is 87.4 Å². The van der Waals surface area contributed by atoms with E-state index in [1.807, 2.05) is 30.3 Å². The third kappa shape index (κ3) is 5.63. The van der Waals surface area contributed by atoms with Crippen molar-refractivity contribution in [3.63, 3.8) is 0 Å². The van der Waals surface area contributed by atoms with Crippen molar-refractivity contribution in [2.45, 2.75) is 33.1 Å². The molecule has 0 unspecified atom stereocenters. The van der Waals surface area contributed by atoms with Gasteiger partial charge in [-0.1, -0.05) is 67.9 Å². The van der Waals surface area contributed by atoms with Gasteiger partial charge in [-0.05, 0) is 35.6 Å². The van der Waals surface area contributed by atoms with Gasteiger partial charge >= 0.3 is 0 Å². The van der Waals surface area contributed by atoms with Crippen LogP contribution in [0.1, 0.15) is 46.9 Å². The highest BCUT2D eigenvalue weighted by atomic mass is 32.1. The van der Waals surface area contributed by atoms with E-state index >= 15 is 0 Å². The summed E-state index contributed by atoms with van der Waals surface area (Å²) in [5.41, 5.74) is 4.51. The summed E-state index contributed by atoms with van der Waals surface area (Å²) < 4.78 is 0.